The smallest absolute Gasteiger partial charge is 0.243 e. The lowest BCUT2D eigenvalue weighted by Gasteiger charge is -2.02. The van der Waals surface area contributed by atoms with Gasteiger partial charge in [0, 0.05) is 6.07 Å². The molecule has 1 aromatic carbocycles. The number of hydrogen-bond acceptors (Lipinski definition) is 5. The van der Waals surface area contributed by atoms with E-state index in [-0.39, 0.29) is 18.5 Å². The van der Waals surface area contributed by atoms with Crippen molar-refractivity contribution in [2.24, 2.45) is 5.73 Å². The molecule has 2 aromatic rings. The van der Waals surface area contributed by atoms with Gasteiger partial charge >= 0.3 is 0 Å². The van der Waals surface area contributed by atoms with Crippen LogP contribution in [0.15, 0.2) is 28.8 Å². The van der Waals surface area contributed by atoms with E-state index in [1.165, 1.54) is 12.1 Å². The zero-order valence-corrected chi connectivity index (χ0v) is 9.26. The van der Waals surface area contributed by atoms with Crippen molar-refractivity contribution in [1.29, 1.82) is 0 Å². The SMILES string of the molecule is CC(N)c1nc(COc2cccc(F)c2)no1. The van der Waals surface area contributed by atoms with Crippen LogP contribution in [0.25, 0.3) is 0 Å². The predicted molar refractivity (Wildman–Crippen MR) is 57.6 cm³/mol. The van der Waals surface area contributed by atoms with Crippen LogP contribution >= 0.6 is 0 Å². The van der Waals surface area contributed by atoms with Gasteiger partial charge in [0.05, 0.1) is 6.04 Å². The minimum atomic E-state index is -0.355. The number of rotatable bonds is 4. The zero-order chi connectivity index (χ0) is 12.3. The van der Waals surface area contributed by atoms with Crippen molar-refractivity contribution in [3.63, 3.8) is 0 Å². The number of nitrogens with zero attached hydrogens (tertiary/aromatic N) is 2. The van der Waals surface area contributed by atoms with Crippen LogP contribution in [0.3, 0.4) is 0 Å². The van der Waals surface area contributed by atoms with E-state index >= 15 is 0 Å². The summed E-state index contributed by atoms with van der Waals surface area (Å²) in [6, 6.07) is 5.52. The molecule has 0 amide bonds. The first-order chi connectivity index (χ1) is 8.15. The van der Waals surface area contributed by atoms with Crippen LogP contribution < -0.4 is 10.5 Å². The maximum Gasteiger partial charge on any atom is 0.243 e. The summed E-state index contributed by atoms with van der Waals surface area (Å²) in [7, 11) is 0. The number of ether oxygens (including phenoxy) is 1. The van der Waals surface area contributed by atoms with Gasteiger partial charge < -0.3 is 15.0 Å². The van der Waals surface area contributed by atoms with E-state index in [2.05, 4.69) is 10.1 Å². The highest BCUT2D eigenvalue weighted by atomic mass is 19.1. The monoisotopic (exact) mass is 237 g/mol. The molecule has 0 aliphatic heterocycles. The summed E-state index contributed by atoms with van der Waals surface area (Å²) in [5.74, 6) is 0.786. The van der Waals surface area contributed by atoms with Gasteiger partial charge in [-0.15, -0.1) is 0 Å². The van der Waals surface area contributed by atoms with Crippen LogP contribution in [0.2, 0.25) is 0 Å². The van der Waals surface area contributed by atoms with E-state index in [1.807, 2.05) is 0 Å². The molecule has 0 spiro atoms. The van der Waals surface area contributed by atoms with Gasteiger partial charge in [-0.25, -0.2) is 4.39 Å². The maximum absolute atomic E-state index is 12.9. The van der Waals surface area contributed by atoms with E-state index in [1.54, 1.807) is 19.1 Å². The molecule has 0 saturated heterocycles. The summed E-state index contributed by atoms with van der Waals surface area (Å²) >= 11 is 0. The summed E-state index contributed by atoms with van der Waals surface area (Å²) in [4.78, 5) is 4.03. The summed E-state index contributed by atoms with van der Waals surface area (Å²) in [6.45, 7) is 1.85. The average Bonchev–Trinajstić information content (AvgIpc) is 2.75. The van der Waals surface area contributed by atoms with E-state index in [0.717, 1.165) is 0 Å². The molecule has 6 heteroatoms. The van der Waals surface area contributed by atoms with Crippen molar-refractivity contribution in [2.75, 3.05) is 0 Å². The molecule has 0 fully saturated rings. The van der Waals surface area contributed by atoms with Crippen molar-refractivity contribution in [2.45, 2.75) is 19.6 Å². The quantitative estimate of drug-likeness (QED) is 0.877. The van der Waals surface area contributed by atoms with Crippen LogP contribution in [-0.4, -0.2) is 10.1 Å². The first-order valence-electron chi connectivity index (χ1n) is 5.11. The maximum atomic E-state index is 12.9. The number of hydrogen-bond donors (Lipinski definition) is 1. The third-order valence-electron chi connectivity index (χ3n) is 2.04. The Morgan fingerprint density at radius 3 is 3.00 bits per heavy atom. The number of aromatic nitrogens is 2. The first kappa shape index (κ1) is 11.5. The Morgan fingerprint density at radius 1 is 1.53 bits per heavy atom. The Morgan fingerprint density at radius 2 is 2.35 bits per heavy atom. The lowest BCUT2D eigenvalue weighted by Crippen LogP contribution is -2.05. The molecule has 17 heavy (non-hydrogen) atoms. The van der Waals surface area contributed by atoms with Crippen LogP contribution in [0.4, 0.5) is 4.39 Å². The van der Waals surface area contributed by atoms with E-state index in [0.29, 0.717) is 17.5 Å². The zero-order valence-electron chi connectivity index (χ0n) is 9.26. The second-order valence-electron chi connectivity index (χ2n) is 3.58. The largest absolute Gasteiger partial charge is 0.485 e. The van der Waals surface area contributed by atoms with Crippen LogP contribution in [-0.2, 0) is 6.61 Å². The molecule has 90 valence electrons. The number of benzene rings is 1. The molecule has 0 aliphatic rings. The van der Waals surface area contributed by atoms with Crippen LogP contribution in [0, 0.1) is 5.82 Å². The molecular weight excluding hydrogens is 225 g/mol. The second-order valence-corrected chi connectivity index (χ2v) is 3.58. The Labute approximate surface area is 97.4 Å². The fourth-order valence-electron chi connectivity index (χ4n) is 1.22. The van der Waals surface area contributed by atoms with Crippen molar-refractivity contribution in [3.8, 4) is 5.75 Å². The van der Waals surface area contributed by atoms with Gasteiger partial charge in [0.15, 0.2) is 6.61 Å². The fourth-order valence-corrected chi connectivity index (χ4v) is 1.22. The summed E-state index contributed by atoms with van der Waals surface area (Å²) in [5, 5.41) is 3.69. The Hall–Kier alpha value is -1.95. The molecule has 0 saturated carbocycles. The fraction of sp³-hybridized carbons (Fsp3) is 0.273. The third kappa shape index (κ3) is 3.01. The Bertz CT molecular complexity index is 499. The Kier molecular flexibility index (Phi) is 3.34. The Balaban J connectivity index is 1.97. The van der Waals surface area contributed by atoms with Crippen molar-refractivity contribution >= 4 is 0 Å². The molecule has 0 radical (unpaired) electrons. The molecule has 1 atom stereocenters. The minimum Gasteiger partial charge on any atom is -0.485 e. The molecule has 2 N–H and O–H groups in total. The highest BCUT2D eigenvalue weighted by molar-refractivity contribution is 5.22. The highest BCUT2D eigenvalue weighted by Crippen LogP contribution is 2.14. The molecule has 2 rings (SSSR count). The van der Waals surface area contributed by atoms with Gasteiger partial charge in [0.2, 0.25) is 11.7 Å². The summed E-state index contributed by atoms with van der Waals surface area (Å²) in [5.41, 5.74) is 5.57. The molecule has 1 heterocycles. The average molecular weight is 237 g/mol. The van der Waals surface area contributed by atoms with Crippen molar-refractivity contribution in [1.82, 2.24) is 10.1 Å². The first-order valence-corrected chi connectivity index (χ1v) is 5.11. The summed E-state index contributed by atoms with van der Waals surface area (Å²) in [6.07, 6.45) is 0. The second kappa shape index (κ2) is 4.92. The molecule has 5 nitrogen and oxygen atoms in total. The molecule has 1 aromatic heterocycles. The van der Waals surface area contributed by atoms with E-state index in [4.69, 9.17) is 15.0 Å². The molecule has 0 aliphatic carbocycles. The summed E-state index contributed by atoms with van der Waals surface area (Å²) < 4.78 is 23.1. The predicted octanol–water partition coefficient (Wildman–Crippen LogP) is 1.81. The van der Waals surface area contributed by atoms with Crippen LogP contribution in [0.5, 0.6) is 5.75 Å². The molecule has 1 unspecified atom stereocenters. The number of halogens is 1. The topological polar surface area (TPSA) is 74.2 Å². The standard InChI is InChI=1S/C11H12FN3O2/c1-7(13)11-14-10(15-17-11)6-16-9-4-2-3-8(12)5-9/h2-5,7H,6,13H2,1H3. The van der Waals surface area contributed by atoms with Gasteiger partial charge in [-0.1, -0.05) is 11.2 Å². The lowest BCUT2D eigenvalue weighted by molar-refractivity contribution is 0.283. The van der Waals surface area contributed by atoms with Gasteiger partial charge in [0.1, 0.15) is 11.6 Å². The molecular formula is C11H12FN3O2. The van der Waals surface area contributed by atoms with E-state index < -0.39 is 0 Å². The van der Waals surface area contributed by atoms with Gasteiger partial charge in [-0.05, 0) is 19.1 Å². The van der Waals surface area contributed by atoms with Crippen LogP contribution in [0.1, 0.15) is 24.7 Å². The normalized spacial score (nSPS) is 12.4. The van der Waals surface area contributed by atoms with Crippen molar-refractivity contribution < 1.29 is 13.7 Å². The van der Waals surface area contributed by atoms with E-state index in [9.17, 15) is 4.39 Å². The lowest BCUT2D eigenvalue weighted by atomic mass is 10.3. The highest BCUT2D eigenvalue weighted by Gasteiger charge is 2.10. The number of nitrogens with two attached hydrogens (primary N) is 1. The van der Waals surface area contributed by atoms with Gasteiger partial charge in [0.25, 0.3) is 0 Å². The third-order valence-corrected chi connectivity index (χ3v) is 2.04. The van der Waals surface area contributed by atoms with Crippen molar-refractivity contribution in [3.05, 3.63) is 41.8 Å². The van der Waals surface area contributed by atoms with Gasteiger partial charge in [-0.3, -0.25) is 0 Å². The van der Waals surface area contributed by atoms with Gasteiger partial charge in [-0.2, -0.15) is 4.98 Å². The molecule has 0 bridgehead atoms. The minimum absolute atomic E-state index is 0.111.